The number of hydrazone groups is 1. The van der Waals surface area contributed by atoms with Crippen LogP contribution >= 0.6 is 0 Å². The van der Waals surface area contributed by atoms with E-state index in [0.29, 0.717) is 6.29 Å². The molecule has 5 N–H and O–H groups in total. The van der Waals surface area contributed by atoms with Crippen LogP contribution in [-0.4, -0.2) is 18.5 Å². The van der Waals surface area contributed by atoms with Crippen LogP contribution in [0.2, 0.25) is 0 Å². The first-order chi connectivity index (χ1) is 3.77. The van der Waals surface area contributed by atoms with Gasteiger partial charge in [0.15, 0.2) is 0 Å². The molecule has 0 saturated carbocycles. The average molecular weight is 115 g/mol. The van der Waals surface area contributed by atoms with Crippen molar-refractivity contribution in [1.82, 2.24) is 0 Å². The summed E-state index contributed by atoms with van der Waals surface area (Å²) >= 11 is 0. The Morgan fingerprint density at radius 3 is 2.62 bits per heavy atom. The molecule has 5 nitrogen and oxygen atoms in total. The Hall–Kier alpha value is -1.39. The standard InChI is InChI=1S/C3H6N4O/c4-3(5)7-6-1-2-8/h1-2H,(H4,4,5,7)/p+1. The fraction of sp³-hybridized carbons (Fsp3) is 0. The quantitative estimate of drug-likeness (QED) is 0.151. The average Bonchev–Trinajstić information content (AvgIpc) is 1.66. The molecule has 0 aromatic carbocycles. The molecule has 0 heterocycles. The minimum atomic E-state index is -0.108. The van der Waals surface area contributed by atoms with Crippen LogP contribution in [0.4, 0.5) is 0 Å². The number of carbonyl (C=O) groups is 1. The van der Waals surface area contributed by atoms with Gasteiger partial charge in [-0.25, -0.2) is 0 Å². The molecule has 0 aliphatic heterocycles. The van der Waals surface area contributed by atoms with Gasteiger partial charge in [0, 0.05) is 5.10 Å². The summed E-state index contributed by atoms with van der Waals surface area (Å²) in [6.07, 6.45) is 1.60. The molecular weight excluding hydrogens is 108 g/mol. The maximum absolute atomic E-state index is 9.52. The van der Waals surface area contributed by atoms with Gasteiger partial charge in [-0.05, 0) is 0 Å². The molecule has 0 aliphatic rings. The molecule has 44 valence electrons. The molecule has 0 saturated heterocycles. The van der Waals surface area contributed by atoms with Gasteiger partial charge in [-0.3, -0.25) is 4.79 Å². The number of carbonyl (C=O) groups excluding carboxylic acids is 1. The number of aldehydes is 1. The number of rotatable bonds is 2. The Kier molecular flexibility index (Phi) is 3.13. The lowest BCUT2D eigenvalue weighted by molar-refractivity contribution is -0.455. The van der Waals surface area contributed by atoms with Crippen molar-refractivity contribution in [2.75, 3.05) is 0 Å². The summed E-state index contributed by atoms with van der Waals surface area (Å²) in [4.78, 5) is 9.52. The number of nitrogens with two attached hydrogens (primary N) is 2. The SMILES string of the molecule is NC(N)=N[NH+]=CC=O. The molecule has 5 heteroatoms. The van der Waals surface area contributed by atoms with Crippen LogP contribution in [0.3, 0.4) is 0 Å². The van der Waals surface area contributed by atoms with E-state index in [1.807, 2.05) is 0 Å². The van der Waals surface area contributed by atoms with Crippen LogP contribution in [0.5, 0.6) is 0 Å². The zero-order chi connectivity index (χ0) is 6.41. The first kappa shape index (κ1) is 6.61. The second kappa shape index (κ2) is 3.79. The van der Waals surface area contributed by atoms with Crippen LogP contribution in [0.15, 0.2) is 5.10 Å². The summed E-state index contributed by atoms with van der Waals surface area (Å²) in [6.45, 7) is 0. The number of hydrogen-bond acceptors (Lipinski definition) is 2. The molecule has 8 heavy (non-hydrogen) atoms. The Bertz CT molecular complexity index is 123. The molecule has 0 unspecified atom stereocenters. The second-order valence-corrected chi connectivity index (χ2v) is 0.969. The molecule has 0 fully saturated rings. The first-order valence-electron chi connectivity index (χ1n) is 1.88. The fourth-order valence-electron chi connectivity index (χ4n) is 0.142. The third kappa shape index (κ3) is 4.61. The summed E-state index contributed by atoms with van der Waals surface area (Å²) in [5.41, 5.74) is 9.73. The van der Waals surface area contributed by atoms with Gasteiger partial charge in [0.05, 0.1) is 0 Å². The minimum Gasteiger partial charge on any atom is -0.365 e. The lowest BCUT2D eigenvalue weighted by Gasteiger charge is -1.73. The van der Waals surface area contributed by atoms with Crippen molar-refractivity contribution in [3.8, 4) is 0 Å². The summed E-state index contributed by atoms with van der Waals surface area (Å²) < 4.78 is 0. The van der Waals surface area contributed by atoms with Gasteiger partial charge >= 0.3 is 0 Å². The normalized spacial score (nSPS) is 9.00. The monoisotopic (exact) mass is 115 g/mol. The van der Waals surface area contributed by atoms with Crippen LogP contribution < -0.4 is 16.6 Å². The van der Waals surface area contributed by atoms with Gasteiger partial charge in [-0.2, -0.15) is 0 Å². The largest absolute Gasteiger partial charge is 0.365 e. The molecule has 0 spiro atoms. The van der Waals surface area contributed by atoms with Gasteiger partial charge in [0.2, 0.25) is 12.5 Å². The second-order valence-electron chi connectivity index (χ2n) is 0.969. The lowest BCUT2D eigenvalue weighted by Crippen LogP contribution is -2.64. The highest BCUT2D eigenvalue weighted by atomic mass is 16.1. The third-order valence-electron chi connectivity index (χ3n) is 0.336. The van der Waals surface area contributed by atoms with Gasteiger partial charge < -0.3 is 11.5 Å². The molecule has 0 aliphatic carbocycles. The van der Waals surface area contributed by atoms with Gasteiger partial charge in [-0.15, -0.1) is 0 Å². The van der Waals surface area contributed by atoms with E-state index in [1.165, 1.54) is 0 Å². The zero-order valence-electron chi connectivity index (χ0n) is 4.16. The molecule has 0 atom stereocenters. The number of nitrogens with one attached hydrogen (secondary N) is 1. The van der Waals surface area contributed by atoms with E-state index < -0.39 is 0 Å². The van der Waals surface area contributed by atoms with E-state index in [1.54, 1.807) is 0 Å². The van der Waals surface area contributed by atoms with Crippen LogP contribution in [0.25, 0.3) is 0 Å². The van der Waals surface area contributed by atoms with Crippen LogP contribution in [0, 0.1) is 0 Å². The highest BCUT2D eigenvalue weighted by Gasteiger charge is 1.76. The van der Waals surface area contributed by atoms with E-state index in [-0.39, 0.29) is 5.96 Å². The number of guanidine groups is 1. The maximum atomic E-state index is 9.52. The summed E-state index contributed by atoms with van der Waals surface area (Å²) in [7, 11) is 0. The van der Waals surface area contributed by atoms with Crippen molar-refractivity contribution in [3.63, 3.8) is 0 Å². The van der Waals surface area contributed by atoms with E-state index in [9.17, 15) is 4.79 Å². The van der Waals surface area contributed by atoms with Crippen molar-refractivity contribution in [2.45, 2.75) is 0 Å². The Morgan fingerprint density at radius 1 is 1.62 bits per heavy atom. The number of nitrogens with zero attached hydrogens (tertiary/aromatic N) is 1. The van der Waals surface area contributed by atoms with Crippen LogP contribution in [0.1, 0.15) is 0 Å². The van der Waals surface area contributed by atoms with Crippen molar-refractivity contribution < 1.29 is 9.90 Å². The molecule has 0 bridgehead atoms. The zero-order valence-corrected chi connectivity index (χ0v) is 4.16. The van der Waals surface area contributed by atoms with Crippen LogP contribution in [-0.2, 0) is 4.79 Å². The smallest absolute Gasteiger partial charge is 0.256 e. The Balaban J connectivity index is 3.57. The highest BCUT2D eigenvalue weighted by molar-refractivity contribution is 6.09. The van der Waals surface area contributed by atoms with Gasteiger partial charge in [0.1, 0.15) is 0 Å². The Labute approximate surface area is 46.1 Å². The van der Waals surface area contributed by atoms with Crippen molar-refractivity contribution >= 4 is 18.5 Å². The first-order valence-corrected chi connectivity index (χ1v) is 1.88. The summed E-state index contributed by atoms with van der Waals surface area (Å²) in [5, 5.41) is 5.43. The third-order valence-corrected chi connectivity index (χ3v) is 0.336. The van der Waals surface area contributed by atoms with Crippen molar-refractivity contribution in [1.29, 1.82) is 0 Å². The van der Waals surface area contributed by atoms with Gasteiger partial charge in [0.25, 0.3) is 5.96 Å². The number of hydrogen-bond donors (Lipinski definition) is 3. The molecule has 0 aromatic heterocycles. The molecule has 0 rings (SSSR count). The maximum Gasteiger partial charge on any atom is 0.256 e. The predicted octanol–water partition coefficient (Wildman–Crippen LogP) is -3.47. The van der Waals surface area contributed by atoms with Crippen molar-refractivity contribution in [2.24, 2.45) is 16.6 Å². The molecular formula is C3H7N4O+. The molecule has 0 radical (unpaired) electrons. The fourth-order valence-corrected chi connectivity index (χ4v) is 0.142. The van der Waals surface area contributed by atoms with E-state index in [4.69, 9.17) is 11.5 Å². The topological polar surface area (TPSA) is 95.4 Å². The van der Waals surface area contributed by atoms with Gasteiger partial charge in [-0.1, -0.05) is 5.10 Å². The van der Waals surface area contributed by atoms with E-state index in [0.717, 1.165) is 6.21 Å². The lowest BCUT2D eigenvalue weighted by atomic mass is 10.9. The van der Waals surface area contributed by atoms with E-state index in [2.05, 4.69) is 10.2 Å². The summed E-state index contributed by atoms with van der Waals surface area (Å²) in [6, 6.07) is 0. The molecule has 0 amide bonds. The van der Waals surface area contributed by atoms with Crippen molar-refractivity contribution in [3.05, 3.63) is 0 Å². The Morgan fingerprint density at radius 2 is 2.25 bits per heavy atom. The molecule has 0 aromatic rings. The minimum absolute atomic E-state index is 0.108. The summed E-state index contributed by atoms with van der Waals surface area (Å²) in [5.74, 6) is -0.108. The predicted molar refractivity (Wildman–Crippen MR) is 28.9 cm³/mol. The van der Waals surface area contributed by atoms with E-state index >= 15 is 0 Å². The highest BCUT2D eigenvalue weighted by Crippen LogP contribution is 1.29.